The number of hydrogen-bond acceptors (Lipinski definition) is 4. The van der Waals surface area contributed by atoms with Crippen molar-refractivity contribution in [3.05, 3.63) is 71.8 Å². The molecule has 3 rings (SSSR count). The summed E-state index contributed by atoms with van der Waals surface area (Å²) >= 11 is 0. The molecule has 0 amide bonds. The summed E-state index contributed by atoms with van der Waals surface area (Å²) in [7, 11) is -3.22. The Morgan fingerprint density at radius 3 is 1.78 bits per heavy atom. The molecule has 1 fully saturated rings. The van der Waals surface area contributed by atoms with Crippen molar-refractivity contribution in [3.63, 3.8) is 0 Å². The zero-order chi connectivity index (χ0) is 19.0. The molecule has 0 aromatic heterocycles. The van der Waals surface area contributed by atoms with Crippen LogP contribution in [0.25, 0.3) is 0 Å². The third kappa shape index (κ3) is 6.73. The van der Waals surface area contributed by atoms with Gasteiger partial charge in [0.25, 0.3) is 0 Å². The Labute approximate surface area is 161 Å². The average Bonchev–Trinajstić information content (AvgIpc) is 2.72. The smallest absolute Gasteiger partial charge is 0.304 e. The molecule has 1 aliphatic rings. The van der Waals surface area contributed by atoms with Gasteiger partial charge in [-0.05, 0) is 36.3 Å². The molecule has 0 spiro atoms. The van der Waals surface area contributed by atoms with Crippen LogP contribution in [0.15, 0.2) is 60.7 Å². The number of hydrogen-bond donors (Lipinski definition) is 0. The summed E-state index contributed by atoms with van der Waals surface area (Å²) in [4.78, 5) is 11.4. The monoisotopic (exact) mass is 386 g/mol. The molecule has 0 heterocycles. The van der Waals surface area contributed by atoms with Gasteiger partial charge in [-0.15, -0.1) is 0 Å². The molecule has 0 aliphatic heterocycles. The lowest BCUT2D eigenvalue weighted by molar-refractivity contribution is -0.121. The molecule has 5 heteroatoms. The van der Waals surface area contributed by atoms with E-state index in [4.69, 9.17) is 9.05 Å². The summed E-state index contributed by atoms with van der Waals surface area (Å²) in [6, 6.07) is 19.5. The molecule has 2 aromatic carbocycles. The van der Waals surface area contributed by atoms with E-state index in [1.165, 1.54) is 0 Å². The van der Waals surface area contributed by atoms with Crippen LogP contribution in [0.1, 0.15) is 43.2 Å². The predicted molar refractivity (Wildman–Crippen MR) is 107 cm³/mol. The van der Waals surface area contributed by atoms with Crippen molar-refractivity contribution >= 4 is 13.4 Å². The maximum atomic E-state index is 13.4. The van der Waals surface area contributed by atoms with Gasteiger partial charge in [-0.1, -0.05) is 60.7 Å². The van der Waals surface area contributed by atoms with Crippen LogP contribution in [0.4, 0.5) is 0 Å². The maximum absolute atomic E-state index is 13.4. The van der Waals surface area contributed by atoms with Gasteiger partial charge in [-0.25, -0.2) is 0 Å². The third-order valence-electron chi connectivity index (χ3n) is 5.02. The van der Waals surface area contributed by atoms with Crippen molar-refractivity contribution in [2.45, 2.75) is 45.3 Å². The largest absolute Gasteiger partial charge is 0.331 e. The molecular formula is C22H27O4P. The maximum Gasteiger partial charge on any atom is 0.331 e. The quantitative estimate of drug-likeness (QED) is 0.514. The molecule has 0 radical (unpaired) electrons. The minimum atomic E-state index is -3.22. The van der Waals surface area contributed by atoms with Crippen molar-refractivity contribution in [2.75, 3.05) is 6.16 Å². The number of rotatable bonds is 9. The topological polar surface area (TPSA) is 52.6 Å². The highest BCUT2D eigenvalue weighted by atomic mass is 31.2. The molecular weight excluding hydrogens is 359 g/mol. The van der Waals surface area contributed by atoms with Gasteiger partial charge in [0.2, 0.25) is 0 Å². The second-order valence-corrected chi connectivity index (χ2v) is 9.31. The van der Waals surface area contributed by atoms with Crippen LogP contribution in [0.3, 0.4) is 0 Å². The van der Waals surface area contributed by atoms with E-state index in [9.17, 15) is 9.36 Å². The minimum Gasteiger partial charge on any atom is -0.304 e. The van der Waals surface area contributed by atoms with Crippen LogP contribution in [0.5, 0.6) is 0 Å². The van der Waals surface area contributed by atoms with Crippen LogP contribution in [-0.4, -0.2) is 11.9 Å². The Balaban J connectivity index is 1.59. The second-order valence-electron chi connectivity index (χ2n) is 7.12. The molecule has 27 heavy (non-hydrogen) atoms. The van der Waals surface area contributed by atoms with Crippen molar-refractivity contribution in [1.29, 1.82) is 0 Å². The zero-order valence-electron chi connectivity index (χ0n) is 15.6. The Morgan fingerprint density at radius 2 is 1.30 bits per heavy atom. The highest BCUT2D eigenvalue weighted by Crippen LogP contribution is 2.51. The molecule has 144 valence electrons. The van der Waals surface area contributed by atoms with Gasteiger partial charge in [0.1, 0.15) is 5.78 Å². The van der Waals surface area contributed by atoms with Gasteiger partial charge < -0.3 is 9.05 Å². The highest BCUT2D eigenvalue weighted by molar-refractivity contribution is 7.53. The Hall–Kier alpha value is -1.74. The SMILES string of the molecule is O=C1CCC(CCP(=O)(OCc2ccccc2)OCc2ccccc2)CC1. The standard InChI is InChI=1S/C22H27O4P/c23-22-13-11-19(12-14-22)15-16-27(24,25-17-20-7-3-1-4-8-20)26-18-21-9-5-2-6-10-21/h1-10,19H,11-18H2. The molecule has 4 nitrogen and oxygen atoms in total. The van der Waals surface area contributed by atoms with E-state index in [1.807, 2.05) is 60.7 Å². The van der Waals surface area contributed by atoms with Crippen molar-refractivity contribution in [3.8, 4) is 0 Å². The molecule has 1 aliphatic carbocycles. The molecule has 0 N–H and O–H groups in total. The lowest BCUT2D eigenvalue weighted by Gasteiger charge is -2.24. The second kappa shape index (κ2) is 9.98. The van der Waals surface area contributed by atoms with Crippen LogP contribution in [-0.2, 0) is 31.6 Å². The summed E-state index contributed by atoms with van der Waals surface area (Å²) in [6.45, 7) is 0.548. The fourth-order valence-corrected chi connectivity index (χ4v) is 5.00. The number of carbonyl (C=O) groups excluding carboxylic acids is 1. The average molecular weight is 386 g/mol. The first-order valence-electron chi connectivity index (χ1n) is 9.61. The molecule has 0 atom stereocenters. The van der Waals surface area contributed by atoms with Crippen molar-refractivity contribution < 1.29 is 18.4 Å². The zero-order valence-corrected chi connectivity index (χ0v) is 16.5. The van der Waals surface area contributed by atoms with E-state index in [0.717, 1.165) is 30.4 Å². The molecule has 1 saturated carbocycles. The van der Waals surface area contributed by atoms with Crippen LogP contribution >= 0.6 is 7.60 Å². The first-order chi connectivity index (χ1) is 13.1. The summed E-state index contributed by atoms with van der Waals surface area (Å²) in [5.41, 5.74) is 1.95. The summed E-state index contributed by atoms with van der Waals surface area (Å²) in [5.74, 6) is 0.770. The number of carbonyl (C=O) groups is 1. The Kier molecular flexibility index (Phi) is 7.40. The Bertz CT molecular complexity index is 703. The molecule has 2 aromatic rings. The lowest BCUT2D eigenvalue weighted by Crippen LogP contribution is -2.15. The lowest BCUT2D eigenvalue weighted by atomic mass is 9.87. The van der Waals surface area contributed by atoms with E-state index in [0.29, 0.717) is 30.7 Å². The summed E-state index contributed by atoms with van der Waals surface area (Å²) < 4.78 is 25.0. The van der Waals surface area contributed by atoms with Crippen LogP contribution < -0.4 is 0 Å². The first kappa shape index (κ1) is 20.0. The van der Waals surface area contributed by atoms with E-state index in [1.54, 1.807) is 0 Å². The third-order valence-corrected chi connectivity index (χ3v) is 6.87. The van der Waals surface area contributed by atoms with E-state index >= 15 is 0 Å². The van der Waals surface area contributed by atoms with E-state index in [-0.39, 0.29) is 13.2 Å². The fourth-order valence-electron chi connectivity index (χ4n) is 3.29. The summed E-state index contributed by atoms with van der Waals surface area (Å²) in [6.07, 6.45) is 4.22. The summed E-state index contributed by atoms with van der Waals surface area (Å²) in [5, 5.41) is 0. The molecule has 0 unspecified atom stereocenters. The minimum absolute atomic E-state index is 0.274. The number of ketones is 1. The van der Waals surface area contributed by atoms with Gasteiger partial charge >= 0.3 is 7.60 Å². The van der Waals surface area contributed by atoms with Gasteiger partial charge in [0.05, 0.1) is 19.4 Å². The van der Waals surface area contributed by atoms with Gasteiger partial charge in [-0.3, -0.25) is 9.36 Å². The van der Waals surface area contributed by atoms with Crippen molar-refractivity contribution in [2.24, 2.45) is 5.92 Å². The van der Waals surface area contributed by atoms with Crippen molar-refractivity contribution in [1.82, 2.24) is 0 Å². The predicted octanol–water partition coefficient (Wildman–Crippen LogP) is 5.76. The van der Waals surface area contributed by atoms with Gasteiger partial charge in [-0.2, -0.15) is 0 Å². The molecule has 0 bridgehead atoms. The van der Waals surface area contributed by atoms with Crippen LogP contribution in [0.2, 0.25) is 0 Å². The number of Topliss-reactive ketones (excluding diaryl/α,β-unsaturated/α-hetero) is 1. The Morgan fingerprint density at radius 1 is 0.815 bits per heavy atom. The van der Waals surface area contributed by atoms with Gasteiger partial charge in [0.15, 0.2) is 0 Å². The normalized spacial score (nSPS) is 15.8. The van der Waals surface area contributed by atoms with E-state index in [2.05, 4.69) is 0 Å². The first-order valence-corrected chi connectivity index (χ1v) is 11.3. The van der Waals surface area contributed by atoms with E-state index < -0.39 is 7.60 Å². The number of benzene rings is 2. The van der Waals surface area contributed by atoms with Gasteiger partial charge in [0, 0.05) is 12.8 Å². The fraction of sp³-hybridized carbons (Fsp3) is 0.409. The highest BCUT2D eigenvalue weighted by Gasteiger charge is 2.28. The van der Waals surface area contributed by atoms with Crippen LogP contribution in [0, 0.1) is 5.92 Å². The molecule has 0 saturated heterocycles.